The highest BCUT2D eigenvalue weighted by Gasteiger charge is 1.93. The molecule has 1 heterocycles. The number of hydrogen-bond acceptors (Lipinski definition) is 4. The molecule has 0 spiro atoms. The lowest BCUT2D eigenvalue weighted by atomic mass is 11.0. The largest absolute Gasteiger partial charge is 0.382 e. The third kappa shape index (κ3) is 1.91. The van der Waals surface area contributed by atoms with Gasteiger partial charge in [-0.2, -0.15) is 10.2 Å². The Morgan fingerprint density at radius 3 is 3.09 bits per heavy atom. The van der Waals surface area contributed by atoms with Crippen molar-refractivity contribution in [1.82, 2.24) is 20.6 Å². The average Bonchev–Trinajstić information content (AvgIpc) is 2.40. The van der Waals surface area contributed by atoms with E-state index in [4.69, 9.17) is 11.3 Å². The van der Waals surface area contributed by atoms with Gasteiger partial charge in [-0.1, -0.05) is 5.10 Å². The van der Waals surface area contributed by atoms with Crippen molar-refractivity contribution < 1.29 is 0 Å². The molecular weight excluding hydrogens is 150 g/mol. The zero-order valence-corrected chi connectivity index (χ0v) is 5.21. The van der Waals surface area contributed by atoms with Crippen LogP contribution in [0.1, 0.15) is 0 Å². The lowest BCUT2D eigenvalue weighted by Crippen LogP contribution is -2.05. The fraction of sp³-hybridized carbons (Fsp3) is 0. The maximum atomic E-state index is 7.90. The van der Waals surface area contributed by atoms with E-state index in [1.165, 1.54) is 0 Å². The second kappa shape index (κ2) is 3.13. The van der Waals surface area contributed by atoms with Crippen LogP contribution < -0.4 is 5.73 Å². The number of H-pyrrole nitrogens is 1. The Bertz CT molecular complexity index is 287. The number of nitrogens with two attached hydrogens (primary N) is 1. The summed E-state index contributed by atoms with van der Waals surface area (Å²) in [5.74, 6) is -0.233. The SMILES string of the molecule is [N-]=[N+]=NC(N)=Nc1nn[nH]n1. The number of tetrazole rings is 1. The van der Waals surface area contributed by atoms with E-state index in [1.807, 2.05) is 0 Å². The van der Waals surface area contributed by atoms with Crippen LogP contribution in [0, 0.1) is 0 Å². The Balaban J connectivity index is 2.81. The lowest BCUT2D eigenvalue weighted by Gasteiger charge is -1.82. The van der Waals surface area contributed by atoms with E-state index in [9.17, 15) is 0 Å². The third-order valence-corrected chi connectivity index (χ3v) is 0.696. The van der Waals surface area contributed by atoms with E-state index in [1.54, 1.807) is 0 Å². The van der Waals surface area contributed by atoms with Gasteiger partial charge >= 0.3 is 0 Å². The molecule has 0 fully saturated rings. The summed E-state index contributed by atoms with van der Waals surface area (Å²) in [7, 11) is 0. The molecule has 11 heavy (non-hydrogen) atoms. The normalized spacial score (nSPS) is 10.7. The predicted molar refractivity (Wildman–Crippen MR) is 34.6 cm³/mol. The summed E-state index contributed by atoms with van der Waals surface area (Å²) in [6, 6.07) is 0. The topological polar surface area (TPSA) is 142 Å². The Labute approximate surface area is 59.9 Å². The summed E-state index contributed by atoms with van der Waals surface area (Å²) in [5.41, 5.74) is 13.0. The van der Waals surface area contributed by atoms with Gasteiger partial charge in [0, 0.05) is 4.91 Å². The number of nitrogens with zero attached hydrogens (tertiary/aromatic N) is 7. The molecule has 0 aliphatic heterocycles. The van der Waals surface area contributed by atoms with E-state index in [0.717, 1.165) is 0 Å². The Morgan fingerprint density at radius 1 is 1.73 bits per heavy atom. The van der Waals surface area contributed by atoms with Gasteiger partial charge in [0.25, 0.3) is 5.95 Å². The van der Waals surface area contributed by atoms with Gasteiger partial charge in [-0.15, -0.1) is 5.10 Å². The Morgan fingerprint density at radius 2 is 2.55 bits per heavy atom. The summed E-state index contributed by atoms with van der Waals surface area (Å²) < 4.78 is 0. The minimum absolute atomic E-state index is 0.0231. The van der Waals surface area contributed by atoms with Crippen LogP contribution in [0.5, 0.6) is 0 Å². The zero-order valence-electron chi connectivity index (χ0n) is 5.21. The molecule has 0 aliphatic rings. The number of aliphatic imine (C=N–C) groups is 1. The first-order valence-corrected chi connectivity index (χ1v) is 2.45. The number of aromatic nitrogens is 4. The molecule has 0 radical (unpaired) electrons. The number of azide groups is 1. The molecule has 1 aromatic rings. The second-order valence-corrected chi connectivity index (χ2v) is 1.37. The van der Waals surface area contributed by atoms with Crippen molar-refractivity contribution in [3.05, 3.63) is 10.4 Å². The molecule has 1 rings (SSSR count). The van der Waals surface area contributed by atoms with E-state index in [2.05, 4.69) is 35.6 Å². The molecule has 0 atom stereocenters. The Hall–Kier alpha value is -2.15. The summed E-state index contributed by atoms with van der Waals surface area (Å²) in [5, 5.41) is 15.2. The number of rotatable bonds is 1. The van der Waals surface area contributed by atoms with Crippen molar-refractivity contribution in [2.75, 3.05) is 0 Å². The molecule has 0 bridgehead atoms. The van der Waals surface area contributed by atoms with Crippen molar-refractivity contribution in [1.29, 1.82) is 0 Å². The van der Waals surface area contributed by atoms with Gasteiger partial charge < -0.3 is 5.73 Å². The Kier molecular flexibility index (Phi) is 1.98. The summed E-state index contributed by atoms with van der Waals surface area (Å²) in [6.45, 7) is 0. The highest BCUT2D eigenvalue weighted by molar-refractivity contribution is 5.80. The summed E-state index contributed by atoms with van der Waals surface area (Å²) in [4.78, 5) is 5.87. The molecule has 56 valence electrons. The molecule has 3 N–H and O–H groups in total. The molecule has 0 unspecified atom stereocenters. The minimum atomic E-state index is -0.256. The van der Waals surface area contributed by atoms with Crippen molar-refractivity contribution in [2.45, 2.75) is 0 Å². The molecule has 9 heteroatoms. The van der Waals surface area contributed by atoms with E-state index >= 15 is 0 Å². The predicted octanol–water partition coefficient (Wildman–Crippen LogP) is -0.544. The maximum absolute atomic E-state index is 7.90. The smallest absolute Gasteiger partial charge is 0.290 e. The summed E-state index contributed by atoms with van der Waals surface area (Å²) >= 11 is 0. The van der Waals surface area contributed by atoms with Crippen molar-refractivity contribution in [3.63, 3.8) is 0 Å². The number of guanidine groups is 1. The van der Waals surface area contributed by atoms with E-state index < -0.39 is 0 Å². The average molecular weight is 153 g/mol. The van der Waals surface area contributed by atoms with Crippen LogP contribution in [0.15, 0.2) is 10.1 Å². The van der Waals surface area contributed by atoms with Crippen LogP contribution in [0.25, 0.3) is 10.4 Å². The highest BCUT2D eigenvalue weighted by Crippen LogP contribution is 1.95. The summed E-state index contributed by atoms with van der Waals surface area (Å²) in [6.07, 6.45) is 0. The minimum Gasteiger partial charge on any atom is -0.382 e. The van der Waals surface area contributed by atoms with E-state index in [0.29, 0.717) is 0 Å². The van der Waals surface area contributed by atoms with Gasteiger partial charge in [0.15, 0.2) is 5.96 Å². The van der Waals surface area contributed by atoms with Gasteiger partial charge in [-0.25, -0.2) is 0 Å². The molecule has 1 aromatic heterocycles. The lowest BCUT2D eigenvalue weighted by molar-refractivity contribution is 0.881. The molecule has 0 amide bonds. The van der Waals surface area contributed by atoms with Crippen LogP contribution in [0.3, 0.4) is 0 Å². The van der Waals surface area contributed by atoms with Gasteiger partial charge in [-0.05, 0) is 15.9 Å². The number of nitrogens with one attached hydrogen (secondary N) is 1. The van der Waals surface area contributed by atoms with Crippen LogP contribution in [-0.2, 0) is 0 Å². The molecular formula is C2H3N9. The first-order valence-electron chi connectivity index (χ1n) is 2.45. The van der Waals surface area contributed by atoms with Gasteiger partial charge in [0.2, 0.25) is 0 Å². The second-order valence-electron chi connectivity index (χ2n) is 1.37. The zero-order chi connectivity index (χ0) is 8.10. The molecule has 0 saturated heterocycles. The number of hydrogen-bond donors (Lipinski definition) is 2. The van der Waals surface area contributed by atoms with Gasteiger partial charge in [-0.3, -0.25) is 0 Å². The fourth-order valence-corrected chi connectivity index (χ4v) is 0.375. The molecule has 0 aromatic carbocycles. The quantitative estimate of drug-likeness (QED) is 0.183. The first kappa shape index (κ1) is 6.96. The molecule has 0 aliphatic carbocycles. The van der Waals surface area contributed by atoms with Crippen LogP contribution >= 0.6 is 0 Å². The first-order chi connectivity index (χ1) is 5.33. The standard InChI is InChI=1S/C2H3N9/c3-1(6-9-4)5-2-7-10-11-8-2/h(H3,3,5,7,8,10,11). The van der Waals surface area contributed by atoms with Crippen LogP contribution in [-0.4, -0.2) is 26.6 Å². The number of aromatic amines is 1. The fourth-order valence-electron chi connectivity index (χ4n) is 0.375. The third-order valence-electron chi connectivity index (χ3n) is 0.696. The van der Waals surface area contributed by atoms with Crippen LogP contribution in [0.4, 0.5) is 5.95 Å². The molecule has 9 nitrogen and oxygen atoms in total. The maximum Gasteiger partial charge on any atom is 0.290 e. The van der Waals surface area contributed by atoms with E-state index in [-0.39, 0.29) is 11.9 Å². The highest BCUT2D eigenvalue weighted by atomic mass is 15.5. The van der Waals surface area contributed by atoms with Gasteiger partial charge in [0.05, 0.1) is 0 Å². The van der Waals surface area contributed by atoms with Crippen molar-refractivity contribution >= 4 is 11.9 Å². The monoisotopic (exact) mass is 153 g/mol. The van der Waals surface area contributed by atoms with Crippen molar-refractivity contribution in [2.24, 2.45) is 15.8 Å². The van der Waals surface area contributed by atoms with Crippen LogP contribution in [0.2, 0.25) is 0 Å². The van der Waals surface area contributed by atoms with Gasteiger partial charge in [0.1, 0.15) is 0 Å². The van der Waals surface area contributed by atoms with Crippen molar-refractivity contribution in [3.8, 4) is 0 Å². The molecule has 0 saturated carbocycles.